The molecule has 0 N–H and O–H groups in total. The zero-order valence-electron chi connectivity index (χ0n) is 12.8. The van der Waals surface area contributed by atoms with E-state index in [0.717, 1.165) is 5.56 Å². The number of hydrogen-bond acceptors (Lipinski definition) is 4. The van der Waals surface area contributed by atoms with E-state index in [-0.39, 0.29) is 17.4 Å². The van der Waals surface area contributed by atoms with Crippen LogP contribution in [0.1, 0.15) is 30.5 Å². The van der Waals surface area contributed by atoms with E-state index >= 15 is 0 Å². The average molecular weight is 327 g/mol. The number of nitrogens with zero attached hydrogens (tertiary/aromatic N) is 3. The minimum atomic E-state index is -0.474. The van der Waals surface area contributed by atoms with Crippen molar-refractivity contribution in [3.63, 3.8) is 0 Å². The lowest BCUT2D eigenvalue weighted by molar-refractivity contribution is -0.384. The summed E-state index contributed by atoms with van der Waals surface area (Å²) in [6.07, 6.45) is 0.409. The van der Waals surface area contributed by atoms with E-state index < -0.39 is 11.0 Å². The summed E-state index contributed by atoms with van der Waals surface area (Å²) in [6.45, 7) is 1.39. The quantitative estimate of drug-likeness (QED) is 0.640. The van der Waals surface area contributed by atoms with Gasteiger partial charge in [0.2, 0.25) is 5.91 Å². The summed E-state index contributed by atoms with van der Waals surface area (Å²) in [5.74, 6) is -0.611. The van der Waals surface area contributed by atoms with Crippen molar-refractivity contribution in [1.82, 2.24) is 5.01 Å². The first-order valence-corrected chi connectivity index (χ1v) is 7.33. The molecule has 1 aliphatic rings. The predicted molar refractivity (Wildman–Crippen MR) is 85.9 cm³/mol. The number of hydrazone groups is 1. The normalized spacial score (nSPS) is 16.8. The molecular formula is C17H14FN3O3. The number of rotatable bonds is 3. The zero-order chi connectivity index (χ0) is 17.3. The van der Waals surface area contributed by atoms with E-state index in [9.17, 15) is 19.3 Å². The molecule has 0 radical (unpaired) electrons. The third-order valence-corrected chi connectivity index (χ3v) is 3.88. The van der Waals surface area contributed by atoms with Gasteiger partial charge in [-0.2, -0.15) is 5.10 Å². The Kier molecular flexibility index (Phi) is 4.07. The molecule has 2 aromatic carbocycles. The third-order valence-electron chi connectivity index (χ3n) is 3.88. The molecule has 0 aromatic heterocycles. The van der Waals surface area contributed by atoms with Gasteiger partial charge in [0, 0.05) is 25.5 Å². The third kappa shape index (κ3) is 3.01. The van der Waals surface area contributed by atoms with Crippen molar-refractivity contribution in [1.29, 1.82) is 0 Å². The molecule has 0 saturated heterocycles. The first-order chi connectivity index (χ1) is 11.5. The van der Waals surface area contributed by atoms with Crippen molar-refractivity contribution < 1.29 is 14.1 Å². The van der Waals surface area contributed by atoms with Crippen LogP contribution in [0.2, 0.25) is 0 Å². The van der Waals surface area contributed by atoms with E-state index in [4.69, 9.17) is 0 Å². The summed E-state index contributed by atoms with van der Waals surface area (Å²) in [7, 11) is 0. The van der Waals surface area contributed by atoms with Crippen molar-refractivity contribution >= 4 is 17.3 Å². The smallest absolute Gasteiger partial charge is 0.269 e. The van der Waals surface area contributed by atoms with Crippen LogP contribution < -0.4 is 0 Å². The maximum Gasteiger partial charge on any atom is 0.269 e. The number of nitro groups is 1. The van der Waals surface area contributed by atoms with Crippen molar-refractivity contribution in [2.45, 2.75) is 19.4 Å². The number of carbonyl (C=O) groups is 1. The van der Waals surface area contributed by atoms with E-state index in [1.165, 1.54) is 36.2 Å². The summed E-state index contributed by atoms with van der Waals surface area (Å²) >= 11 is 0. The fourth-order valence-electron chi connectivity index (χ4n) is 2.72. The molecule has 0 fully saturated rings. The Morgan fingerprint density at radius 2 is 2.00 bits per heavy atom. The van der Waals surface area contributed by atoms with Gasteiger partial charge in [0.25, 0.3) is 5.69 Å². The highest BCUT2D eigenvalue weighted by Gasteiger charge is 2.32. The van der Waals surface area contributed by atoms with Crippen molar-refractivity contribution in [3.05, 3.63) is 75.6 Å². The molecule has 1 heterocycles. The molecule has 3 rings (SSSR count). The number of non-ortho nitro benzene ring substituents is 1. The molecule has 0 bridgehead atoms. The number of halogens is 1. The van der Waals surface area contributed by atoms with E-state index in [2.05, 4.69) is 5.10 Å². The van der Waals surface area contributed by atoms with Gasteiger partial charge in [-0.3, -0.25) is 14.9 Å². The van der Waals surface area contributed by atoms with Gasteiger partial charge in [-0.05, 0) is 23.3 Å². The molecule has 1 atom stereocenters. The van der Waals surface area contributed by atoms with Gasteiger partial charge in [-0.25, -0.2) is 9.40 Å². The van der Waals surface area contributed by atoms with Crippen LogP contribution in [0.4, 0.5) is 10.1 Å². The molecule has 0 saturated carbocycles. The number of nitro benzene ring substituents is 1. The van der Waals surface area contributed by atoms with Crippen LogP contribution in [-0.4, -0.2) is 21.6 Å². The van der Waals surface area contributed by atoms with Gasteiger partial charge in [-0.1, -0.05) is 24.3 Å². The Morgan fingerprint density at radius 1 is 1.29 bits per heavy atom. The van der Waals surface area contributed by atoms with Gasteiger partial charge in [-0.15, -0.1) is 0 Å². The second-order valence-electron chi connectivity index (χ2n) is 5.49. The van der Waals surface area contributed by atoms with Crippen LogP contribution in [-0.2, 0) is 4.79 Å². The average Bonchev–Trinajstić information content (AvgIpc) is 3.01. The number of benzene rings is 2. The summed E-state index contributed by atoms with van der Waals surface area (Å²) in [6, 6.07) is 11.6. The van der Waals surface area contributed by atoms with E-state index in [1.807, 2.05) is 0 Å². The molecule has 0 spiro atoms. The molecule has 24 heavy (non-hydrogen) atoms. The summed E-state index contributed by atoms with van der Waals surface area (Å²) in [5.41, 5.74) is 1.96. The minimum Gasteiger partial charge on any atom is -0.273 e. The van der Waals surface area contributed by atoms with Crippen molar-refractivity contribution in [2.75, 3.05) is 0 Å². The highest BCUT2D eigenvalue weighted by Crippen LogP contribution is 2.34. The lowest BCUT2D eigenvalue weighted by Gasteiger charge is -2.20. The number of hydrogen-bond donors (Lipinski definition) is 0. The molecule has 1 amide bonds. The van der Waals surface area contributed by atoms with Gasteiger partial charge in [0.05, 0.1) is 16.7 Å². The SMILES string of the molecule is CC(=O)N1N=C(c2ccc(F)cc2)C[C@@H]1c1cccc([N+](=O)[O-])c1. The van der Waals surface area contributed by atoms with E-state index in [0.29, 0.717) is 17.7 Å². The molecule has 122 valence electrons. The lowest BCUT2D eigenvalue weighted by atomic mass is 9.98. The molecule has 2 aromatic rings. The zero-order valence-corrected chi connectivity index (χ0v) is 12.8. The fraction of sp³-hybridized carbons (Fsp3) is 0.176. The van der Waals surface area contributed by atoms with Crippen LogP contribution in [0.25, 0.3) is 0 Å². The Labute approximate surface area is 137 Å². The highest BCUT2D eigenvalue weighted by molar-refractivity contribution is 6.03. The fourth-order valence-corrected chi connectivity index (χ4v) is 2.72. The first-order valence-electron chi connectivity index (χ1n) is 7.33. The number of amides is 1. The van der Waals surface area contributed by atoms with Gasteiger partial charge in [0.1, 0.15) is 5.82 Å². The Morgan fingerprint density at radius 3 is 2.62 bits per heavy atom. The maximum atomic E-state index is 13.1. The molecular weight excluding hydrogens is 313 g/mol. The van der Waals surface area contributed by atoms with Crippen LogP contribution in [0, 0.1) is 15.9 Å². The van der Waals surface area contributed by atoms with Crippen LogP contribution >= 0.6 is 0 Å². The Hall–Kier alpha value is -3.09. The van der Waals surface area contributed by atoms with Crippen LogP contribution in [0.3, 0.4) is 0 Å². The first kappa shape index (κ1) is 15.8. The second-order valence-corrected chi connectivity index (χ2v) is 5.49. The Balaban J connectivity index is 1.95. The standard InChI is InChI=1S/C17H14FN3O3/c1-11(22)20-17(13-3-2-4-15(9-13)21(23)24)10-16(19-20)12-5-7-14(18)8-6-12/h2-9,17H,10H2,1H3/t17-/m1/s1. The molecule has 0 aliphatic carbocycles. The maximum absolute atomic E-state index is 13.1. The lowest BCUT2D eigenvalue weighted by Crippen LogP contribution is -2.24. The largest absolute Gasteiger partial charge is 0.273 e. The van der Waals surface area contributed by atoms with Gasteiger partial charge in [0.15, 0.2) is 0 Å². The minimum absolute atomic E-state index is 0.0359. The summed E-state index contributed by atoms with van der Waals surface area (Å²) < 4.78 is 13.1. The van der Waals surface area contributed by atoms with Crippen LogP contribution in [0.5, 0.6) is 0 Å². The summed E-state index contributed by atoms with van der Waals surface area (Å²) in [5, 5.41) is 16.6. The monoisotopic (exact) mass is 327 g/mol. The summed E-state index contributed by atoms with van der Waals surface area (Å²) in [4.78, 5) is 22.4. The highest BCUT2D eigenvalue weighted by atomic mass is 19.1. The van der Waals surface area contributed by atoms with Crippen molar-refractivity contribution in [3.8, 4) is 0 Å². The predicted octanol–water partition coefficient (Wildman–Crippen LogP) is 3.43. The van der Waals surface area contributed by atoms with Crippen molar-refractivity contribution in [2.24, 2.45) is 5.10 Å². The van der Waals surface area contributed by atoms with E-state index in [1.54, 1.807) is 24.3 Å². The molecule has 6 nitrogen and oxygen atoms in total. The second kappa shape index (κ2) is 6.19. The van der Waals surface area contributed by atoms with Gasteiger partial charge >= 0.3 is 0 Å². The molecule has 0 unspecified atom stereocenters. The number of carbonyl (C=O) groups excluding carboxylic acids is 1. The Bertz CT molecular complexity index is 833. The van der Waals surface area contributed by atoms with Gasteiger partial charge < -0.3 is 0 Å². The topological polar surface area (TPSA) is 75.8 Å². The molecule has 1 aliphatic heterocycles. The molecule has 7 heteroatoms. The van der Waals surface area contributed by atoms with Crippen LogP contribution in [0.15, 0.2) is 53.6 Å².